The van der Waals surface area contributed by atoms with Gasteiger partial charge in [0.2, 0.25) is 0 Å². The van der Waals surface area contributed by atoms with Gasteiger partial charge in [-0.05, 0) is 61.7 Å². The van der Waals surface area contributed by atoms with Crippen LogP contribution in [0.15, 0.2) is 53.4 Å². The van der Waals surface area contributed by atoms with Gasteiger partial charge in [0.1, 0.15) is 11.5 Å². The summed E-state index contributed by atoms with van der Waals surface area (Å²) >= 11 is 1.67. The maximum atomic E-state index is 12.0. The van der Waals surface area contributed by atoms with Crippen molar-refractivity contribution in [3.8, 4) is 11.5 Å². The van der Waals surface area contributed by atoms with E-state index in [0.29, 0.717) is 17.9 Å². The predicted octanol–water partition coefficient (Wildman–Crippen LogP) is 4.07. The summed E-state index contributed by atoms with van der Waals surface area (Å²) in [6.45, 7) is 2.57. The van der Waals surface area contributed by atoms with Crippen LogP contribution in [0.25, 0.3) is 0 Å². The van der Waals surface area contributed by atoms with Crippen LogP contribution in [0.3, 0.4) is 0 Å². The van der Waals surface area contributed by atoms with Gasteiger partial charge in [-0.2, -0.15) is 0 Å². The van der Waals surface area contributed by atoms with Crippen molar-refractivity contribution >= 4 is 17.5 Å². The number of Topliss-reactive ketones (excluding diaryl/α,β-unsaturated/α-hetero) is 1. The Morgan fingerprint density at radius 3 is 2.10 bits per heavy atom. The summed E-state index contributed by atoms with van der Waals surface area (Å²) in [5, 5.41) is 0. The molecule has 0 heterocycles. The van der Waals surface area contributed by atoms with Gasteiger partial charge in [-0.1, -0.05) is 0 Å². The van der Waals surface area contributed by atoms with Crippen LogP contribution in [0.5, 0.6) is 11.5 Å². The average Bonchev–Trinajstić information content (AvgIpc) is 2.54. The fraction of sp³-hybridized carbons (Fsp3) is 0.235. The first-order valence-corrected chi connectivity index (χ1v) is 7.98. The van der Waals surface area contributed by atoms with Crippen molar-refractivity contribution in [1.29, 1.82) is 0 Å². The fourth-order valence-corrected chi connectivity index (χ4v) is 2.22. The minimum Gasteiger partial charge on any atom is -0.494 e. The third-order valence-electron chi connectivity index (χ3n) is 2.92. The van der Waals surface area contributed by atoms with Gasteiger partial charge >= 0.3 is 0 Å². The molecule has 2 aromatic carbocycles. The Balaban J connectivity index is 1.91. The minimum absolute atomic E-state index is 0.0343. The third-order valence-corrected chi connectivity index (χ3v) is 3.66. The van der Waals surface area contributed by atoms with E-state index in [2.05, 4.69) is 0 Å². The number of benzene rings is 2. The number of hydrogen-bond acceptors (Lipinski definition) is 4. The molecule has 2 aromatic rings. The molecule has 0 spiro atoms. The molecule has 0 radical (unpaired) electrons. The van der Waals surface area contributed by atoms with Crippen molar-refractivity contribution in [3.63, 3.8) is 0 Å². The molecule has 2 rings (SSSR count). The Morgan fingerprint density at radius 2 is 1.52 bits per heavy atom. The Kier molecular flexibility index (Phi) is 5.69. The molecule has 0 N–H and O–H groups in total. The van der Waals surface area contributed by atoms with Gasteiger partial charge in [0.15, 0.2) is 12.4 Å². The second-order valence-electron chi connectivity index (χ2n) is 4.34. The van der Waals surface area contributed by atoms with E-state index in [0.717, 1.165) is 5.75 Å². The summed E-state index contributed by atoms with van der Waals surface area (Å²) in [4.78, 5) is 13.2. The molecule has 0 bridgehead atoms. The van der Waals surface area contributed by atoms with Gasteiger partial charge in [0.25, 0.3) is 0 Å². The van der Waals surface area contributed by atoms with E-state index in [-0.39, 0.29) is 12.4 Å². The summed E-state index contributed by atoms with van der Waals surface area (Å²) in [5.41, 5.74) is 0.624. The number of hydrogen-bond donors (Lipinski definition) is 0. The van der Waals surface area contributed by atoms with E-state index in [1.165, 1.54) is 4.90 Å². The van der Waals surface area contributed by atoms with Gasteiger partial charge in [-0.25, -0.2) is 0 Å². The standard InChI is InChI=1S/C17H18O3S/c1-3-19-14-6-4-13(5-7-14)17(18)12-20-15-8-10-16(21-2)11-9-15/h4-11H,3,12H2,1-2H3. The van der Waals surface area contributed by atoms with Crippen LogP contribution < -0.4 is 9.47 Å². The van der Waals surface area contributed by atoms with E-state index < -0.39 is 0 Å². The van der Waals surface area contributed by atoms with Crippen molar-refractivity contribution in [3.05, 3.63) is 54.1 Å². The minimum atomic E-state index is -0.0491. The highest BCUT2D eigenvalue weighted by Crippen LogP contribution is 2.19. The maximum Gasteiger partial charge on any atom is 0.200 e. The van der Waals surface area contributed by atoms with Crippen molar-refractivity contribution in [2.75, 3.05) is 19.5 Å². The molecule has 0 fully saturated rings. The lowest BCUT2D eigenvalue weighted by Crippen LogP contribution is -2.11. The molecule has 0 saturated heterocycles. The summed E-state index contributed by atoms with van der Waals surface area (Å²) in [6.07, 6.45) is 2.02. The number of thioether (sulfide) groups is 1. The lowest BCUT2D eigenvalue weighted by Gasteiger charge is -2.07. The summed E-state index contributed by atoms with van der Waals surface area (Å²) in [7, 11) is 0. The second-order valence-corrected chi connectivity index (χ2v) is 5.22. The number of ketones is 1. The fourth-order valence-electron chi connectivity index (χ4n) is 1.81. The number of carbonyl (C=O) groups excluding carboxylic acids is 1. The Labute approximate surface area is 129 Å². The SMILES string of the molecule is CCOc1ccc(C(=O)COc2ccc(SC)cc2)cc1. The number of ether oxygens (including phenoxy) is 2. The first-order chi connectivity index (χ1) is 10.2. The maximum absolute atomic E-state index is 12.0. The van der Waals surface area contributed by atoms with Crippen LogP contribution >= 0.6 is 11.8 Å². The van der Waals surface area contributed by atoms with Gasteiger partial charge < -0.3 is 9.47 Å². The van der Waals surface area contributed by atoms with Gasteiger partial charge in [0, 0.05) is 10.5 Å². The zero-order valence-electron chi connectivity index (χ0n) is 12.2. The van der Waals surface area contributed by atoms with E-state index in [1.807, 2.05) is 37.4 Å². The van der Waals surface area contributed by atoms with Gasteiger partial charge in [-0.3, -0.25) is 4.79 Å². The van der Waals surface area contributed by atoms with Crippen LogP contribution in [-0.2, 0) is 0 Å². The average molecular weight is 302 g/mol. The molecule has 0 amide bonds. The topological polar surface area (TPSA) is 35.5 Å². The summed E-state index contributed by atoms with van der Waals surface area (Å²) in [6, 6.07) is 14.8. The van der Waals surface area contributed by atoms with E-state index in [1.54, 1.807) is 36.0 Å². The molecule has 110 valence electrons. The highest BCUT2D eigenvalue weighted by atomic mass is 32.2. The lowest BCUT2D eigenvalue weighted by atomic mass is 10.1. The molecular weight excluding hydrogens is 284 g/mol. The van der Waals surface area contributed by atoms with E-state index in [4.69, 9.17) is 9.47 Å². The van der Waals surface area contributed by atoms with Crippen molar-refractivity contribution < 1.29 is 14.3 Å². The Morgan fingerprint density at radius 1 is 0.952 bits per heavy atom. The lowest BCUT2D eigenvalue weighted by molar-refractivity contribution is 0.0921. The second kappa shape index (κ2) is 7.74. The van der Waals surface area contributed by atoms with Crippen LogP contribution in [0.4, 0.5) is 0 Å². The predicted molar refractivity (Wildman–Crippen MR) is 85.7 cm³/mol. The highest BCUT2D eigenvalue weighted by molar-refractivity contribution is 7.98. The first kappa shape index (κ1) is 15.4. The molecule has 0 atom stereocenters. The molecule has 0 unspecified atom stereocenters. The van der Waals surface area contributed by atoms with E-state index >= 15 is 0 Å². The zero-order chi connectivity index (χ0) is 15.1. The number of rotatable bonds is 7. The third kappa shape index (κ3) is 4.53. The molecule has 0 aliphatic rings. The molecule has 0 aliphatic heterocycles. The van der Waals surface area contributed by atoms with Gasteiger partial charge in [0.05, 0.1) is 6.61 Å². The van der Waals surface area contributed by atoms with Crippen LogP contribution in [0.2, 0.25) is 0 Å². The number of carbonyl (C=O) groups is 1. The molecule has 0 saturated carbocycles. The zero-order valence-corrected chi connectivity index (χ0v) is 13.0. The Bertz CT molecular complexity index is 576. The molecular formula is C17H18O3S. The smallest absolute Gasteiger partial charge is 0.200 e. The van der Waals surface area contributed by atoms with E-state index in [9.17, 15) is 4.79 Å². The monoisotopic (exact) mass is 302 g/mol. The molecule has 4 heteroatoms. The molecule has 3 nitrogen and oxygen atoms in total. The van der Waals surface area contributed by atoms with Crippen molar-refractivity contribution in [2.24, 2.45) is 0 Å². The van der Waals surface area contributed by atoms with Crippen LogP contribution in [0.1, 0.15) is 17.3 Å². The largest absolute Gasteiger partial charge is 0.494 e. The van der Waals surface area contributed by atoms with Crippen molar-refractivity contribution in [1.82, 2.24) is 0 Å². The van der Waals surface area contributed by atoms with Gasteiger partial charge in [-0.15, -0.1) is 11.8 Å². The van der Waals surface area contributed by atoms with Crippen molar-refractivity contribution in [2.45, 2.75) is 11.8 Å². The molecule has 0 aromatic heterocycles. The quantitative estimate of drug-likeness (QED) is 0.570. The summed E-state index contributed by atoms with van der Waals surface area (Å²) < 4.78 is 10.9. The van der Waals surface area contributed by atoms with Crippen LogP contribution in [0, 0.1) is 0 Å². The Hall–Kier alpha value is -1.94. The highest BCUT2D eigenvalue weighted by Gasteiger charge is 2.07. The molecule has 0 aliphatic carbocycles. The summed E-state index contributed by atoms with van der Waals surface area (Å²) in [5.74, 6) is 1.42. The first-order valence-electron chi connectivity index (χ1n) is 6.76. The molecule has 21 heavy (non-hydrogen) atoms. The normalized spacial score (nSPS) is 10.2. The van der Waals surface area contributed by atoms with Crippen LogP contribution in [-0.4, -0.2) is 25.3 Å².